The number of carbonyl (C=O) groups is 1. The number of aryl methyl sites for hydroxylation is 6. The summed E-state index contributed by atoms with van der Waals surface area (Å²) in [7, 11) is 0. The number of hydrogen-bond donors (Lipinski definition) is 1. The van der Waals surface area contributed by atoms with Gasteiger partial charge in [-0.3, -0.25) is 4.79 Å². The van der Waals surface area contributed by atoms with Gasteiger partial charge in [-0.25, -0.2) is 9.97 Å². The van der Waals surface area contributed by atoms with E-state index in [0.717, 1.165) is 16.8 Å². The van der Waals surface area contributed by atoms with Gasteiger partial charge in [-0.2, -0.15) is 0 Å². The number of anilines is 1. The molecule has 4 heteroatoms. The van der Waals surface area contributed by atoms with Crippen molar-refractivity contribution >= 4 is 11.6 Å². The maximum Gasteiger partial charge on any atom is 0.259 e. The molecule has 0 saturated heterocycles. The Morgan fingerprint density at radius 1 is 0.905 bits per heavy atom. The van der Waals surface area contributed by atoms with Crippen LogP contribution in [0.1, 0.15) is 44.3 Å². The number of benzene rings is 1. The van der Waals surface area contributed by atoms with Gasteiger partial charge >= 0.3 is 0 Å². The Kier molecular flexibility index (Phi) is 4.07. The van der Waals surface area contributed by atoms with Gasteiger partial charge in [-0.1, -0.05) is 17.7 Å². The van der Waals surface area contributed by atoms with Gasteiger partial charge in [0.1, 0.15) is 5.82 Å². The summed E-state index contributed by atoms with van der Waals surface area (Å²) in [6.45, 7) is 11.6. The van der Waals surface area contributed by atoms with Crippen LogP contribution in [-0.4, -0.2) is 15.9 Å². The zero-order chi connectivity index (χ0) is 15.7. The first-order valence-corrected chi connectivity index (χ1v) is 7.00. The number of amides is 1. The highest BCUT2D eigenvalue weighted by Crippen LogP contribution is 2.23. The van der Waals surface area contributed by atoms with E-state index in [1.807, 2.05) is 41.5 Å². The molecule has 0 aliphatic carbocycles. The molecule has 0 aliphatic rings. The minimum absolute atomic E-state index is 0.153. The second-order valence-electron chi connectivity index (χ2n) is 5.54. The van der Waals surface area contributed by atoms with Crippen LogP contribution in [0.25, 0.3) is 0 Å². The summed E-state index contributed by atoms with van der Waals surface area (Å²) in [5.74, 6) is 0.532. The summed E-state index contributed by atoms with van der Waals surface area (Å²) in [6.07, 6.45) is 0. The molecule has 110 valence electrons. The Labute approximate surface area is 125 Å². The monoisotopic (exact) mass is 283 g/mol. The molecule has 1 N–H and O–H groups in total. The minimum atomic E-state index is -0.153. The Morgan fingerprint density at radius 3 is 1.86 bits per heavy atom. The lowest BCUT2D eigenvalue weighted by Gasteiger charge is -2.14. The van der Waals surface area contributed by atoms with Crippen molar-refractivity contribution in [1.82, 2.24) is 9.97 Å². The van der Waals surface area contributed by atoms with Gasteiger partial charge < -0.3 is 5.32 Å². The molecule has 4 nitrogen and oxygen atoms in total. The maximum absolute atomic E-state index is 12.6. The van der Waals surface area contributed by atoms with E-state index in [-0.39, 0.29) is 5.91 Å². The second-order valence-corrected chi connectivity index (χ2v) is 5.54. The topological polar surface area (TPSA) is 54.9 Å². The first kappa shape index (κ1) is 15.2. The fraction of sp³-hybridized carbons (Fsp3) is 0.353. The highest BCUT2D eigenvalue weighted by molar-refractivity contribution is 6.06. The summed E-state index contributed by atoms with van der Waals surface area (Å²) in [6, 6.07) is 4.13. The van der Waals surface area contributed by atoms with Crippen LogP contribution in [0.4, 0.5) is 5.69 Å². The molecule has 1 amide bonds. The first-order chi connectivity index (χ1) is 9.79. The number of carbonyl (C=O) groups excluding carboxylic acids is 1. The van der Waals surface area contributed by atoms with Gasteiger partial charge in [0.25, 0.3) is 5.91 Å². The molecular weight excluding hydrogens is 262 g/mol. The summed E-state index contributed by atoms with van der Waals surface area (Å²) >= 11 is 0. The average molecular weight is 283 g/mol. The number of rotatable bonds is 2. The molecule has 0 spiro atoms. The molecular formula is C17H21N3O. The van der Waals surface area contributed by atoms with Crippen LogP contribution >= 0.6 is 0 Å². The van der Waals surface area contributed by atoms with E-state index < -0.39 is 0 Å². The zero-order valence-electron chi connectivity index (χ0n) is 13.5. The predicted octanol–water partition coefficient (Wildman–Crippen LogP) is 3.58. The van der Waals surface area contributed by atoms with Crippen molar-refractivity contribution in [3.8, 4) is 0 Å². The van der Waals surface area contributed by atoms with E-state index in [0.29, 0.717) is 22.8 Å². The first-order valence-electron chi connectivity index (χ1n) is 7.00. The van der Waals surface area contributed by atoms with E-state index >= 15 is 0 Å². The molecule has 0 saturated carbocycles. The number of aromatic nitrogens is 2. The normalized spacial score (nSPS) is 10.6. The van der Waals surface area contributed by atoms with Crippen molar-refractivity contribution < 1.29 is 4.79 Å². The molecule has 21 heavy (non-hydrogen) atoms. The Morgan fingerprint density at radius 2 is 1.38 bits per heavy atom. The van der Waals surface area contributed by atoms with Crippen LogP contribution in [0.15, 0.2) is 12.1 Å². The van der Waals surface area contributed by atoms with Crippen molar-refractivity contribution in [2.45, 2.75) is 41.5 Å². The molecule has 2 aromatic rings. The van der Waals surface area contributed by atoms with Crippen LogP contribution in [0.3, 0.4) is 0 Å². The summed E-state index contributed by atoms with van der Waals surface area (Å²) in [4.78, 5) is 21.1. The van der Waals surface area contributed by atoms with Crippen LogP contribution in [0.2, 0.25) is 0 Å². The second kappa shape index (κ2) is 5.64. The molecule has 0 atom stereocenters. The molecule has 1 aromatic heterocycles. The van der Waals surface area contributed by atoms with E-state index in [1.165, 1.54) is 5.56 Å². The Bertz CT molecular complexity index is 674. The van der Waals surface area contributed by atoms with Crippen LogP contribution in [0, 0.1) is 41.5 Å². The van der Waals surface area contributed by atoms with Crippen molar-refractivity contribution in [3.05, 3.63) is 51.6 Å². The van der Waals surface area contributed by atoms with E-state index in [4.69, 9.17) is 0 Å². The van der Waals surface area contributed by atoms with E-state index in [9.17, 15) is 4.79 Å². The lowest BCUT2D eigenvalue weighted by molar-refractivity contribution is 0.102. The van der Waals surface area contributed by atoms with Gasteiger partial charge in [0.05, 0.1) is 17.0 Å². The number of nitrogens with one attached hydrogen (secondary N) is 1. The van der Waals surface area contributed by atoms with Crippen molar-refractivity contribution in [2.75, 3.05) is 5.32 Å². The maximum atomic E-state index is 12.6. The molecule has 0 fully saturated rings. The van der Waals surface area contributed by atoms with Gasteiger partial charge in [-0.05, 0) is 52.7 Å². The van der Waals surface area contributed by atoms with Gasteiger partial charge in [-0.15, -0.1) is 0 Å². The molecule has 0 radical (unpaired) electrons. The average Bonchev–Trinajstić information content (AvgIpc) is 2.32. The standard InChI is InChI=1S/C17H21N3O/c1-9-7-10(2)16(11(3)8-9)20-17(21)15-12(4)18-14(6)19-13(15)5/h7-8H,1-6H3,(H,20,21). The fourth-order valence-electron chi connectivity index (χ4n) is 2.77. The third-order valence-corrected chi connectivity index (χ3v) is 3.53. The highest BCUT2D eigenvalue weighted by atomic mass is 16.1. The highest BCUT2D eigenvalue weighted by Gasteiger charge is 2.17. The largest absolute Gasteiger partial charge is 0.321 e. The molecule has 1 heterocycles. The van der Waals surface area contributed by atoms with Gasteiger partial charge in [0.15, 0.2) is 0 Å². The van der Waals surface area contributed by atoms with Gasteiger partial charge in [0, 0.05) is 5.69 Å². The molecule has 0 aliphatic heterocycles. The van der Waals surface area contributed by atoms with Crippen LogP contribution in [-0.2, 0) is 0 Å². The smallest absolute Gasteiger partial charge is 0.259 e. The summed E-state index contributed by atoms with van der Waals surface area (Å²) < 4.78 is 0. The molecule has 0 bridgehead atoms. The lowest BCUT2D eigenvalue weighted by Crippen LogP contribution is -2.18. The molecule has 0 unspecified atom stereocenters. The van der Waals surface area contributed by atoms with Crippen molar-refractivity contribution in [2.24, 2.45) is 0 Å². The Balaban J connectivity index is 2.40. The number of hydrogen-bond acceptors (Lipinski definition) is 3. The van der Waals surface area contributed by atoms with Crippen LogP contribution in [0.5, 0.6) is 0 Å². The molecule has 2 rings (SSSR count). The molecule has 1 aromatic carbocycles. The summed E-state index contributed by atoms with van der Waals surface area (Å²) in [5.41, 5.74) is 6.15. The quantitative estimate of drug-likeness (QED) is 0.916. The third-order valence-electron chi connectivity index (χ3n) is 3.53. The number of nitrogens with zero attached hydrogens (tertiary/aromatic N) is 2. The summed E-state index contributed by atoms with van der Waals surface area (Å²) in [5, 5.41) is 3.00. The SMILES string of the molecule is Cc1cc(C)c(NC(=O)c2c(C)nc(C)nc2C)c(C)c1. The van der Waals surface area contributed by atoms with E-state index in [2.05, 4.69) is 27.4 Å². The van der Waals surface area contributed by atoms with Crippen LogP contribution < -0.4 is 5.32 Å². The van der Waals surface area contributed by atoms with Gasteiger partial charge in [0.2, 0.25) is 0 Å². The third kappa shape index (κ3) is 3.10. The van der Waals surface area contributed by atoms with Crippen molar-refractivity contribution in [1.29, 1.82) is 0 Å². The minimum Gasteiger partial charge on any atom is -0.321 e. The van der Waals surface area contributed by atoms with Crippen molar-refractivity contribution in [3.63, 3.8) is 0 Å². The van der Waals surface area contributed by atoms with E-state index in [1.54, 1.807) is 0 Å². The lowest BCUT2D eigenvalue weighted by atomic mass is 10.0. The predicted molar refractivity (Wildman–Crippen MR) is 84.8 cm³/mol. The zero-order valence-corrected chi connectivity index (χ0v) is 13.5. The fourth-order valence-corrected chi connectivity index (χ4v) is 2.77. The Hall–Kier alpha value is -2.23.